The van der Waals surface area contributed by atoms with Crippen molar-refractivity contribution in [1.82, 2.24) is 14.9 Å². The van der Waals surface area contributed by atoms with Gasteiger partial charge in [-0.25, -0.2) is 4.98 Å². The topological polar surface area (TPSA) is 90.5 Å². The number of hydrogen-bond donors (Lipinski definition) is 4. The molecule has 1 rings (SSSR count). The van der Waals surface area contributed by atoms with E-state index in [0.29, 0.717) is 12.6 Å². The minimum Gasteiger partial charge on any atom is -0.394 e. The smallest absolute Gasteiger partial charge is 0.0951 e. The van der Waals surface area contributed by atoms with Gasteiger partial charge in [-0.15, -0.1) is 0 Å². The Morgan fingerprint density at radius 3 is 2.35 bits per heavy atom. The molecule has 1 aromatic rings. The number of imidazole rings is 1. The summed E-state index contributed by atoms with van der Waals surface area (Å²) in [6, 6.07) is 0.293. The normalized spacial score (nSPS) is 12.4. The van der Waals surface area contributed by atoms with Gasteiger partial charge in [-0.3, -0.25) is 5.32 Å². The minimum atomic E-state index is -1.05. The molecule has 6 nitrogen and oxygen atoms in total. The fraction of sp³-hybridized carbons (Fsp3) is 0.727. The van der Waals surface area contributed by atoms with Gasteiger partial charge in [-0.05, 0) is 13.8 Å². The van der Waals surface area contributed by atoms with Gasteiger partial charge < -0.3 is 19.9 Å². The molecule has 0 aliphatic carbocycles. The van der Waals surface area contributed by atoms with Crippen molar-refractivity contribution >= 4 is 0 Å². The average Bonchev–Trinajstić information content (AvgIpc) is 2.80. The molecule has 0 saturated heterocycles. The molecule has 0 spiro atoms. The van der Waals surface area contributed by atoms with Crippen LogP contribution in [0.1, 0.15) is 25.6 Å². The molecule has 0 aliphatic heterocycles. The maximum Gasteiger partial charge on any atom is 0.0951 e. The third-order valence-electron chi connectivity index (χ3n) is 2.86. The van der Waals surface area contributed by atoms with Crippen LogP contribution in [-0.4, -0.2) is 50.2 Å². The average molecular weight is 243 g/mol. The Hall–Kier alpha value is -0.950. The van der Waals surface area contributed by atoms with E-state index >= 15 is 0 Å². The zero-order chi connectivity index (χ0) is 12.9. The third kappa shape index (κ3) is 3.26. The van der Waals surface area contributed by atoms with Gasteiger partial charge in [-0.2, -0.15) is 0 Å². The van der Waals surface area contributed by atoms with Crippen LogP contribution in [-0.2, 0) is 6.54 Å². The zero-order valence-corrected chi connectivity index (χ0v) is 10.3. The standard InChI is InChI=1S/C11H21N3O3/c1-9(2)14-8-12-3-10(14)4-13-11(5-15,6-16)7-17/h3,8-9,13,15-17H,4-7H2,1-2H3. The van der Waals surface area contributed by atoms with E-state index in [4.69, 9.17) is 0 Å². The quantitative estimate of drug-likeness (QED) is 0.507. The van der Waals surface area contributed by atoms with Crippen LogP contribution in [0.5, 0.6) is 0 Å². The molecule has 1 aromatic heterocycles. The highest BCUT2D eigenvalue weighted by Gasteiger charge is 2.27. The van der Waals surface area contributed by atoms with Gasteiger partial charge in [0.1, 0.15) is 0 Å². The van der Waals surface area contributed by atoms with Gasteiger partial charge in [0.05, 0.1) is 37.4 Å². The van der Waals surface area contributed by atoms with Gasteiger partial charge in [0, 0.05) is 18.8 Å². The van der Waals surface area contributed by atoms with Gasteiger partial charge >= 0.3 is 0 Å². The molecule has 0 radical (unpaired) electrons. The van der Waals surface area contributed by atoms with Crippen molar-refractivity contribution in [1.29, 1.82) is 0 Å². The molecule has 0 unspecified atom stereocenters. The summed E-state index contributed by atoms with van der Waals surface area (Å²) in [4.78, 5) is 4.06. The molecule has 17 heavy (non-hydrogen) atoms. The summed E-state index contributed by atoms with van der Waals surface area (Å²) in [5, 5.41) is 30.5. The van der Waals surface area contributed by atoms with E-state index in [9.17, 15) is 15.3 Å². The number of hydrogen-bond acceptors (Lipinski definition) is 5. The first-order chi connectivity index (χ1) is 8.08. The van der Waals surface area contributed by atoms with Crippen LogP contribution in [0.3, 0.4) is 0 Å². The minimum absolute atomic E-state index is 0.293. The first-order valence-electron chi connectivity index (χ1n) is 5.67. The number of nitrogens with zero attached hydrogens (tertiary/aromatic N) is 2. The number of nitrogens with one attached hydrogen (secondary N) is 1. The van der Waals surface area contributed by atoms with Gasteiger partial charge in [0.25, 0.3) is 0 Å². The van der Waals surface area contributed by atoms with Crippen molar-refractivity contribution in [3.63, 3.8) is 0 Å². The number of aliphatic hydroxyl groups is 3. The van der Waals surface area contributed by atoms with Crippen LogP contribution < -0.4 is 5.32 Å². The second kappa shape index (κ2) is 6.11. The highest BCUT2D eigenvalue weighted by Crippen LogP contribution is 2.10. The molecule has 0 amide bonds. The maximum absolute atomic E-state index is 9.18. The predicted octanol–water partition coefficient (Wildman–Crippen LogP) is -0.731. The number of aliphatic hydroxyl groups excluding tert-OH is 3. The summed E-state index contributed by atoms with van der Waals surface area (Å²) in [5.41, 5.74) is -0.105. The number of aromatic nitrogens is 2. The Morgan fingerprint density at radius 2 is 1.88 bits per heavy atom. The second-order valence-electron chi connectivity index (χ2n) is 4.49. The summed E-state index contributed by atoms with van der Waals surface area (Å²) in [7, 11) is 0. The Kier molecular flexibility index (Phi) is 5.07. The van der Waals surface area contributed by atoms with Crippen molar-refractivity contribution in [3.8, 4) is 0 Å². The van der Waals surface area contributed by atoms with Crippen molar-refractivity contribution in [2.24, 2.45) is 0 Å². The van der Waals surface area contributed by atoms with Crippen LogP contribution in [0, 0.1) is 0 Å². The summed E-state index contributed by atoms with van der Waals surface area (Å²) in [6.45, 7) is 3.55. The van der Waals surface area contributed by atoms with Crippen LogP contribution in [0.4, 0.5) is 0 Å². The molecule has 0 aliphatic rings. The fourth-order valence-electron chi connectivity index (χ4n) is 1.53. The Morgan fingerprint density at radius 1 is 1.29 bits per heavy atom. The van der Waals surface area contributed by atoms with Crippen LogP contribution in [0.25, 0.3) is 0 Å². The fourth-order valence-corrected chi connectivity index (χ4v) is 1.53. The molecular formula is C11H21N3O3. The van der Waals surface area contributed by atoms with Crippen molar-refractivity contribution in [2.45, 2.75) is 32.0 Å². The van der Waals surface area contributed by atoms with E-state index in [1.54, 1.807) is 12.5 Å². The lowest BCUT2D eigenvalue weighted by Gasteiger charge is -2.29. The van der Waals surface area contributed by atoms with Crippen molar-refractivity contribution in [2.75, 3.05) is 19.8 Å². The first-order valence-corrected chi connectivity index (χ1v) is 5.67. The van der Waals surface area contributed by atoms with Crippen molar-refractivity contribution < 1.29 is 15.3 Å². The lowest BCUT2D eigenvalue weighted by molar-refractivity contribution is 0.0409. The SMILES string of the molecule is CC(C)n1cncc1CNC(CO)(CO)CO. The molecule has 98 valence electrons. The summed E-state index contributed by atoms with van der Waals surface area (Å²) >= 11 is 0. The lowest BCUT2D eigenvalue weighted by Crippen LogP contribution is -2.54. The Bertz CT molecular complexity index is 326. The first kappa shape index (κ1) is 14.1. The summed E-state index contributed by atoms with van der Waals surface area (Å²) in [6.07, 6.45) is 3.46. The van der Waals surface area contributed by atoms with Gasteiger partial charge in [-0.1, -0.05) is 0 Å². The Balaban J connectivity index is 2.69. The summed E-state index contributed by atoms with van der Waals surface area (Å²) in [5.74, 6) is 0. The molecule has 0 fully saturated rings. The second-order valence-corrected chi connectivity index (χ2v) is 4.49. The van der Waals surface area contributed by atoms with E-state index in [1.165, 1.54) is 0 Å². The van der Waals surface area contributed by atoms with E-state index < -0.39 is 5.54 Å². The van der Waals surface area contributed by atoms with Crippen LogP contribution >= 0.6 is 0 Å². The molecule has 0 bridgehead atoms. The molecule has 0 aromatic carbocycles. The predicted molar refractivity (Wildman–Crippen MR) is 63.4 cm³/mol. The summed E-state index contributed by atoms with van der Waals surface area (Å²) < 4.78 is 1.99. The Labute approximate surface area is 101 Å². The molecular weight excluding hydrogens is 222 g/mol. The molecule has 0 atom stereocenters. The van der Waals surface area contributed by atoms with Gasteiger partial charge in [0.2, 0.25) is 0 Å². The monoisotopic (exact) mass is 243 g/mol. The molecule has 1 heterocycles. The van der Waals surface area contributed by atoms with E-state index in [-0.39, 0.29) is 19.8 Å². The molecule has 0 saturated carbocycles. The largest absolute Gasteiger partial charge is 0.394 e. The highest BCUT2D eigenvalue weighted by atomic mass is 16.3. The van der Waals surface area contributed by atoms with Gasteiger partial charge in [0.15, 0.2) is 0 Å². The zero-order valence-electron chi connectivity index (χ0n) is 10.3. The molecule has 6 heteroatoms. The van der Waals surface area contributed by atoms with Crippen LogP contribution in [0.2, 0.25) is 0 Å². The third-order valence-corrected chi connectivity index (χ3v) is 2.86. The van der Waals surface area contributed by atoms with E-state index in [0.717, 1.165) is 5.69 Å². The maximum atomic E-state index is 9.18. The molecule has 4 N–H and O–H groups in total. The van der Waals surface area contributed by atoms with Crippen LogP contribution in [0.15, 0.2) is 12.5 Å². The van der Waals surface area contributed by atoms with E-state index in [2.05, 4.69) is 10.3 Å². The van der Waals surface area contributed by atoms with Crippen molar-refractivity contribution in [3.05, 3.63) is 18.2 Å². The lowest BCUT2D eigenvalue weighted by atomic mass is 10.0. The highest BCUT2D eigenvalue weighted by molar-refractivity contribution is 5.01. The number of rotatable bonds is 7. The van der Waals surface area contributed by atoms with E-state index in [1.807, 2.05) is 18.4 Å².